The van der Waals surface area contributed by atoms with Crippen LogP contribution >= 0.6 is 34.5 Å². The zero-order valence-corrected chi connectivity index (χ0v) is 19.3. The lowest BCUT2D eigenvalue weighted by molar-refractivity contribution is -0.133. The summed E-state index contributed by atoms with van der Waals surface area (Å²) in [4.78, 5) is 16.7. The van der Waals surface area contributed by atoms with E-state index in [1.54, 1.807) is 24.3 Å². The van der Waals surface area contributed by atoms with Crippen molar-refractivity contribution in [2.45, 2.75) is 6.61 Å². The van der Waals surface area contributed by atoms with Gasteiger partial charge in [-0.05, 0) is 29.3 Å². The van der Waals surface area contributed by atoms with Crippen molar-refractivity contribution in [2.24, 2.45) is 0 Å². The van der Waals surface area contributed by atoms with Crippen LogP contribution in [0.1, 0.15) is 11.1 Å². The summed E-state index contributed by atoms with van der Waals surface area (Å²) in [7, 11) is 4.32. The predicted octanol–water partition coefficient (Wildman–Crippen LogP) is 5.86. The highest BCUT2D eigenvalue weighted by Gasteiger charge is 2.20. The Balaban J connectivity index is 1.89. The van der Waals surface area contributed by atoms with Crippen molar-refractivity contribution >= 4 is 46.1 Å². The molecule has 0 aliphatic carbocycles. The first kappa shape index (κ1) is 22.9. The number of methoxy groups -OCH3 is 3. The fourth-order valence-electron chi connectivity index (χ4n) is 2.79. The number of halogens is 2. The Morgan fingerprint density at radius 1 is 1.13 bits per heavy atom. The molecule has 0 aliphatic heterocycles. The van der Waals surface area contributed by atoms with Crippen molar-refractivity contribution in [3.63, 3.8) is 0 Å². The van der Waals surface area contributed by atoms with E-state index in [0.29, 0.717) is 31.6 Å². The largest absolute Gasteiger partial charge is 0.503 e. The molecule has 3 aromatic rings. The Labute approximate surface area is 193 Å². The summed E-state index contributed by atoms with van der Waals surface area (Å²) in [6.07, 6.45) is 1.34. The van der Waals surface area contributed by atoms with Crippen LogP contribution in [0.15, 0.2) is 48.7 Å². The second kappa shape index (κ2) is 10.5. The minimum atomic E-state index is -0.514. The van der Waals surface area contributed by atoms with E-state index < -0.39 is 5.97 Å². The molecule has 0 N–H and O–H groups in total. The lowest BCUT2D eigenvalue weighted by Crippen LogP contribution is -2.08. The van der Waals surface area contributed by atoms with Gasteiger partial charge < -0.3 is 18.9 Å². The average molecular weight is 480 g/mol. The third-order valence-electron chi connectivity index (χ3n) is 4.23. The third-order valence-corrected chi connectivity index (χ3v) is 5.81. The number of carbonyl (C=O) groups excluding carboxylic acids is 1. The maximum atomic E-state index is 12.2. The Bertz CT molecular complexity index is 1110. The second-order valence-corrected chi connectivity index (χ2v) is 7.95. The van der Waals surface area contributed by atoms with Crippen LogP contribution in [-0.2, 0) is 20.9 Å². The number of carbonyl (C=O) groups is 1. The molecule has 0 bridgehead atoms. The molecule has 0 unspecified atom stereocenters. The van der Waals surface area contributed by atoms with Gasteiger partial charge in [0.05, 0.1) is 32.6 Å². The zero-order chi connectivity index (χ0) is 22.4. The number of ether oxygens (including phenoxy) is 4. The number of aromatic nitrogens is 1. The van der Waals surface area contributed by atoms with Crippen LogP contribution in [0, 0.1) is 0 Å². The van der Waals surface area contributed by atoms with Gasteiger partial charge in [0, 0.05) is 10.6 Å². The van der Waals surface area contributed by atoms with E-state index in [-0.39, 0.29) is 12.2 Å². The van der Waals surface area contributed by atoms with Crippen LogP contribution < -0.4 is 9.47 Å². The summed E-state index contributed by atoms with van der Waals surface area (Å²) >= 11 is 13.6. The van der Waals surface area contributed by atoms with Gasteiger partial charge in [-0.15, -0.1) is 0 Å². The number of esters is 1. The summed E-state index contributed by atoms with van der Waals surface area (Å²) < 4.78 is 21.3. The molecule has 0 radical (unpaired) electrons. The predicted molar refractivity (Wildman–Crippen MR) is 122 cm³/mol. The summed E-state index contributed by atoms with van der Waals surface area (Å²) in [6.45, 7) is 0.141. The fourth-order valence-corrected chi connectivity index (χ4v) is 4.22. The van der Waals surface area contributed by atoms with Gasteiger partial charge in [-0.1, -0.05) is 58.8 Å². The summed E-state index contributed by atoms with van der Waals surface area (Å²) in [5, 5.41) is 2.15. The van der Waals surface area contributed by atoms with Crippen molar-refractivity contribution in [1.29, 1.82) is 0 Å². The van der Waals surface area contributed by atoms with Gasteiger partial charge in [0.2, 0.25) is 5.06 Å². The van der Waals surface area contributed by atoms with Crippen LogP contribution in [0.25, 0.3) is 16.1 Å². The maximum absolute atomic E-state index is 12.2. The molecule has 0 saturated heterocycles. The molecule has 9 heteroatoms. The first-order valence-corrected chi connectivity index (χ1v) is 10.6. The maximum Gasteiger partial charge on any atom is 0.341 e. The van der Waals surface area contributed by atoms with Gasteiger partial charge >= 0.3 is 5.97 Å². The lowest BCUT2D eigenvalue weighted by atomic mass is 10.0. The number of hydrogen-bond acceptors (Lipinski definition) is 7. The van der Waals surface area contributed by atoms with Crippen LogP contribution in [0.4, 0.5) is 0 Å². The fraction of sp³-hybridized carbons (Fsp3) is 0.182. The summed E-state index contributed by atoms with van der Waals surface area (Å²) in [5.41, 5.74) is 2.38. The molecule has 0 amide bonds. The Hall–Kier alpha value is -2.74. The van der Waals surface area contributed by atoms with E-state index in [0.717, 1.165) is 11.1 Å². The standard InChI is InChI=1S/C22H19Cl2NO5S/c1-27-12-17(21(26)28-2)15-7-5-4-6-13(15)11-30-19-22(29-3)31-20(25-19)16-9-8-14(23)10-18(16)24/h4-10,12H,11H2,1-3H3. The lowest BCUT2D eigenvalue weighted by Gasteiger charge is -2.12. The average Bonchev–Trinajstić information content (AvgIpc) is 3.18. The number of rotatable bonds is 8. The molecule has 0 atom stereocenters. The molecule has 6 nitrogen and oxygen atoms in total. The molecule has 0 saturated carbocycles. The van der Waals surface area contributed by atoms with Gasteiger partial charge in [-0.2, -0.15) is 4.98 Å². The quantitative estimate of drug-likeness (QED) is 0.228. The zero-order valence-electron chi connectivity index (χ0n) is 17.0. The Kier molecular flexibility index (Phi) is 7.79. The molecule has 1 heterocycles. The molecule has 162 valence electrons. The molecule has 0 fully saturated rings. The summed E-state index contributed by atoms with van der Waals surface area (Å²) in [5.74, 6) is -0.195. The number of benzene rings is 2. The molecular formula is C22H19Cl2NO5S. The Morgan fingerprint density at radius 3 is 2.58 bits per heavy atom. The minimum Gasteiger partial charge on any atom is -0.503 e. The van der Waals surface area contributed by atoms with E-state index in [4.69, 9.17) is 42.1 Å². The molecular weight excluding hydrogens is 461 g/mol. The van der Waals surface area contributed by atoms with Crippen LogP contribution in [0.2, 0.25) is 10.0 Å². The minimum absolute atomic E-state index is 0.141. The number of nitrogens with zero attached hydrogens (tertiary/aromatic N) is 1. The monoisotopic (exact) mass is 479 g/mol. The van der Waals surface area contributed by atoms with Gasteiger partial charge in [0.1, 0.15) is 17.2 Å². The third kappa shape index (κ3) is 5.31. The van der Waals surface area contributed by atoms with Gasteiger partial charge in [-0.25, -0.2) is 4.79 Å². The first-order chi connectivity index (χ1) is 15.0. The molecule has 0 aliphatic rings. The number of hydrogen-bond donors (Lipinski definition) is 0. The van der Waals surface area contributed by atoms with Crippen LogP contribution in [0.3, 0.4) is 0 Å². The first-order valence-electron chi connectivity index (χ1n) is 9.01. The van der Waals surface area contributed by atoms with Crippen molar-refractivity contribution in [1.82, 2.24) is 4.98 Å². The van der Waals surface area contributed by atoms with Crippen LogP contribution in [-0.4, -0.2) is 32.3 Å². The van der Waals surface area contributed by atoms with Gasteiger partial charge in [0.15, 0.2) is 0 Å². The highest BCUT2D eigenvalue weighted by molar-refractivity contribution is 7.17. The molecule has 0 spiro atoms. The van der Waals surface area contributed by atoms with Crippen molar-refractivity contribution in [3.05, 3.63) is 69.9 Å². The molecule has 2 aromatic carbocycles. The van der Waals surface area contributed by atoms with E-state index in [9.17, 15) is 4.79 Å². The van der Waals surface area contributed by atoms with E-state index >= 15 is 0 Å². The Morgan fingerprint density at radius 2 is 1.90 bits per heavy atom. The molecule has 1 aromatic heterocycles. The van der Waals surface area contributed by atoms with Gasteiger partial charge in [-0.3, -0.25) is 0 Å². The highest BCUT2D eigenvalue weighted by atomic mass is 35.5. The smallest absolute Gasteiger partial charge is 0.341 e. The SMILES string of the molecule is COC=C(C(=O)OC)c1ccccc1COc1nc(-c2ccc(Cl)cc2Cl)sc1OC. The van der Waals surface area contributed by atoms with E-state index in [1.807, 2.05) is 18.2 Å². The van der Waals surface area contributed by atoms with E-state index in [1.165, 1.54) is 38.9 Å². The second-order valence-electron chi connectivity index (χ2n) is 6.14. The topological polar surface area (TPSA) is 66.9 Å². The van der Waals surface area contributed by atoms with Crippen molar-refractivity contribution in [2.75, 3.05) is 21.3 Å². The highest BCUT2D eigenvalue weighted by Crippen LogP contribution is 2.42. The summed E-state index contributed by atoms with van der Waals surface area (Å²) in [6, 6.07) is 12.5. The molecule has 31 heavy (non-hydrogen) atoms. The van der Waals surface area contributed by atoms with Crippen molar-refractivity contribution in [3.8, 4) is 21.5 Å². The number of thiazole rings is 1. The van der Waals surface area contributed by atoms with Crippen LogP contribution in [0.5, 0.6) is 10.9 Å². The normalized spacial score (nSPS) is 11.2. The molecule has 3 rings (SSSR count). The van der Waals surface area contributed by atoms with Crippen molar-refractivity contribution < 1.29 is 23.7 Å². The van der Waals surface area contributed by atoms with Gasteiger partial charge in [0.25, 0.3) is 5.88 Å². The van der Waals surface area contributed by atoms with E-state index in [2.05, 4.69) is 4.98 Å².